The van der Waals surface area contributed by atoms with Crippen LogP contribution in [0.5, 0.6) is 5.75 Å². The van der Waals surface area contributed by atoms with Gasteiger partial charge in [0, 0.05) is 20.0 Å². The summed E-state index contributed by atoms with van der Waals surface area (Å²) in [6.07, 6.45) is 0.256. The van der Waals surface area contributed by atoms with Crippen LogP contribution in [0, 0.1) is 12.7 Å². The van der Waals surface area contributed by atoms with E-state index in [9.17, 15) is 14.3 Å². The van der Waals surface area contributed by atoms with Crippen molar-refractivity contribution in [1.29, 1.82) is 0 Å². The number of likely N-dealkylation sites (tertiary alicyclic amines) is 1. The van der Waals surface area contributed by atoms with Gasteiger partial charge < -0.3 is 24.2 Å². The van der Waals surface area contributed by atoms with E-state index >= 15 is 0 Å². The Morgan fingerprint density at radius 2 is 2.06 bits per heavy atom. The fourth-order valence-electron chi connectivity index (χ4n) is 4.19. The van der Waals surface area contributed by atoms with Crippen molar-refractivity contribution in [2.75, 3.05) is 26.5 Å². The maximum atomic E-state index is 13.4. The Morgan fingerprint density at radius 3 is 2.74 bits per heavy atom. The lowest BCUT2D eigenvalue weighted by molar-refractivity contribution is -0.0439. The number of carbonyl (C=O) groups excluding carboxylic acids is 1. The molecule has 0 aliphatic carbocycles. The molecule has 4 rings (SSSR count). The van der Waals surface area contributed by atoms with Crippen LogP contribution in [0.25, 0.3) is 0 Å². The summed E-state index contributed by atoms with van der Waals surface area (Å²) < 4.78 is 30.8. The number of fused-ring (bicyclic) bond motifs is 1. The van der Waals surface area contributed by atoms with Crippen LogP contribution in [-0.2, 0) is 15.1 Å². The van der Waals surface area contributed by atoms with Gasteiger partial charge in [0.25, 0.3) is 5.91 Å². The van der Waals surface area contributed by atoms with Crippen LogP contribution >= 0.6 is 0 Å². The van der Waals surface area contributed by atoms with Gasteiger partial charge in [0.2, 0.25) is 0 Å². The predicted molar refractivity (Wildman–Crippen MR) is 115 cm³/mol. The van der Waals surface area contributed by atoms with E-state index in [4.69, 9.17) is 14.2 Å². The molecule has 0 aromatic heterocycles. The summed E-state index contributed by atoms with van der Waals surface area (Å²) in [5.41, 5.74) is 0.673. The summed E-state index contributed by atoms with van der Waals surface area (Å²) in [5, 5.41) is 9.85. The Morgan fingerprint density at radius 1 is 1.32 bits per heavy atom. The molecule has 2 heterocycles. The first-order valence-electron chi connectivity index (χ1n) is 10.4. The zero-order chi connectivity index (χ0) is 22.2. The second kappa shape index (κ2) is 8.22. The summed E-state index contributed by atoms with van der Waals surface area (Å²) in [6, 6.07) is 11.6. The number of nitrogens with zero attached hydrogens (tertiary/aromatic N) is 1. The van der Waals surface area contributed by atoms with E-state index in [2.05, 4.69) is 0 Å². The number of benzene rings is 2. The number of carbonyl (C=O) groups is 1. The maximum Gasteiger partial charge on any atom is 0.253 e. The molecular weight excluding hydrogens is 401 g/mol. The first-order valence-corrected chi connectivity index (χ1v) is 10.4. The van der Waals surface area contributed by atoms with Gasteiger partial charge >= 0.3 is 0 Å². The molecule has 0 spiro atoms. The monoisotopic (exact) mass is 431 g/mol. The number of ether oxygens (including phenoxy) is 3. The molecule has 6 nitrogen and oxygen atoms in total. The Bertz CT molecular complexity index is 962. The smallest absolute Gasteiger partial charge is 0.253 e. The molecule has 2 aliphatic heterocycles. The third kappa shape index (κ3) is 4.44. The van der Waals surface area contributed by atoms with E-state index in [1.165, 1.54) is 12.1 Å². The van der Waals surface area contributed by atoms with Gasteiger partial charge in [-0.05, 0) is 62.2 Å². The van der Waals surface area contributed by atoms with Gasteiger partial charge in [-0.3, -0.25) is 4.79 Å². The largest absolute Gasteiger partial charge is 0.490 e. The van der Waals surface area contributed by atoms with Crippen LogP contribution < -0.4 is 4.74 Å². The molecule has 2 aromatic carbocycles. The van der Waals surface area contributed by atoms with Crippen LogP contribution in [0.2, 0.25) is 0 Å². The van der Waals surface area contributed by atoms with Crippen molar-refractivity contribution < 1.29 is 29.9 Å². The average molecular weight is 432 g/mol. The number of aliphatic hydroxyl groups is 1. The highest BCUT2D eigenvalue weighted by Gasteiger charge is 2.51. The minimum absolute atomic E-state index is 0. The highest BCUT2D eigenvalue weighted by molar-refractivity contribution is 5.94. The Labute approximate surface area is 183 Å². The van der Waals surface area contributed by atoms with Crippen molar-refractivity contribution in [1.82, 2.24) is 4.90 Å². The van der Waals surface area contributed by atoms with E-state index < -0.39 is 11.2 Å². The van der Waals surface area contributed by atoms with Gasteiger partial charge in [0.15, 0.2) is 0 Å². The molecule has 1 amide bonds. The van der Waals surface area contributed by atoms with Gasteiger partial charge in [0.05, 0.1) is 12.1 Å². The van der Waals surface area contributed by atoms with Crippen molar-refractivity contribution in [3.05, 3.63) is 65.0 Å². The molecule has 2 aromatic rings. The zero-order valence-corrected chi connectivity index (χ0v) is 18.1. The van der Waals surface area contributed by atoms with Crippen molar-refractivity contribution in [2.24, 2.45) is 0 Å². The Kier molecular flexibility index (Phi) is 5.77. The number of aryl methyl sites for hydroxylation is 1. The molecule has 31 heavy (non-hydrogen) atoms. The van der Waals surface area contributed by atoms with Crippen LogP contribution in [-0.4, -0.2) is 54.1 Å². The lowest BCUT2D eigenvalue weighted by Crippen LogP contribution is -2.53. The van der Waals surface area contributed by atoms with E-state index in [1.807, 2.05) is 6.92 Å². The van der Waals surface area contributed by atoms with Gasteiger partial charge in [-0.25, -0.2) is 4.39 Å². The highest BCUT2D eigenvalue weighted by atomic mass is 19.1. The molecular formula is C24H30FNO5. The summed E-state index contributed by atoms with van der Waals surface area (Å²) in [7, 11) is 0. The first-order chi connectivity index (χ1) is 14.7. The number of rotatable bonds is 5. The molecule has 0 radical (unpaired) electrons. The van der Waals surface area contributed by atoms with Gasteiger partial charge in [0.1, 0.15) is 36.7 Å². The summed E-state index contributed by atoms with van der Waals surface area (Å²) >= 11 is 0. The van der Waals surface area contributed by atoms with E-state index in [1.54, 1.807) is 49.1 Å². The lowest BCUT2D eigenvalue weighted by Gasteiger charge is -2.42. The second-order valence-corrected chi connectivity index (χ2v) is 8.90. The number of amides is 1. The highest BCUT2D eigenvalue weighted by Crippen LogP contribution is 2.42. The van der Waals surface area contributed by atoms with Crippen molar-refractivity contribution in [2.45, 2.75) is 44.5 Å². The summed E-state index contributed by atoms with van der Waals surface area (Å²) in [5.74, 6) is 0.258. The predicted octanol–water partition coefficient (Wildman–Crippen LogP) is 3.64. The number of halogens is 1. The van der Waals surface area contributed by atoms with E-state index in [0.29, 0.717) is 30.8 Å². The SMILES string of the molecule is Cc1cc(C(=O)N2CC[C@@]3(c4ccc(F)cc4)OCO[C@H]3C2)ccc1OCC(C)(C)O.[HH]. The molecule has 168 valence electrons. The fraction of sp³-hybridized carbons (Fsp3) is 0.458. The molecule has 2 saturated heterocycles. The third-order valence-corrected chi connectivity index (χ3v) is 5.87. The molecule has 2 aliphatic rings. The normalized spacial score (nSPS) is 23.5. The molecule has 0 saturated carbocycles. The fourth-order valence-corrected chi connectivity index (χ4v) is 4.19. The average Bonchev–Trinajstić information content (AvgIpc) is 3.16. The Hall–Kier alpha value is -2.48. The zero-order valence-electron chi connectivity index (χ0n) is 18.1. The number of piperidine rings is 1. The molecule has 0 bridgehead atoms. The molecule has 0 unspecified atom stereocenters. The van der Waals surface area contributed by atoms with Gasteiger partial charge in [-0.15, -0.1) is 0 Å². The molecule has 2 fully saturated rings. The van der Waals surface area contributed by atoms with Crippen molar-refractivity contribution >= 4 is 5.91 Å². The minimum Gasteiger partial charge on any atom is -0.490 e. The molecule has 2 atom stereocenters. The van der Waals surface area contributed by atoms with Gasteiger partial charge in [-0.2, -0.15) is 0 Å². The standard InChI is InChI=1S/C24H28FNO5.H2/c1-16-12-17(4-9-20(16)29-14-23(2,3)28)22(27)26-11-10-24(21(13-26)30-15-31-24)18-5-7-19(25)8-6-18;/h4-9,12,21,28H,10-11,13-15H2,1-3H3;1H/t21-,24-;/m0./s1. The minimum atomic E-state index is -0.935. The second-order valence-electron chi connectivity index (χ2n) is 8.90. The van der Waals surface area contributed by atoms with Gasteiger partial charge in [-0.1, -0.05) is 12.1 Å². The van der Waals surface area contributed by atoms with Crippen LogP contribution in [0.4, 0.5) is 4.39 Å². The van der Waals surface area contributed by atoms with Crippen molar-refractivity contribution in [3.8, 4) is 5.75 Å². The maximum absolute atomic E-state index is 13.4. The summed E-state index contributed by atoms with van der Waals surface area (Å²) in [6.45, 7) is 6.45. The number of hydrogen-bond donors (Lipinski definition) is 1. The lowest BCUT2D eigenvalue weighted by atomic mass is 9.82. The van der Waals surface area contributed by atoms with Crippen LogP contribution in [0.1, 0.15) is 43.2 Å². The third-order valence-electron chi connectivity index (χ3n) is 5.87. The quantitative estimate of drug-likeness (QED) is 0.783. The van der Waals surface area contributed by atoms with Crippen molar-refractivity contribution in [3.63, 3.8) is 0 Å². The first kappa shape index (κ1) is 21.7. The van der Waals surface area contributed by atoms with E-state index in [0.717, 1.165) is 11.1 Å². The van der Waals surface area contributed by atoms with E-state index in [-0.39, 0.29) is 32.7 Å². The topological polar surface area (TPSA) is 68.2 Å². The van der Waals surface area contributed by atoms with Crippen LogP contribution in [0.3, 0.4) is 0 Å². The molecule has 1 N–H and O–H groups in total. The Balaban J connectivity index is 0.00000289. The molecule has 7 heteroatoms. The van der Waals surface area contributed by atoms with Crippen LogP contribution in [0.15, 0.2) is 42.5 Å². The summed E-state index contributed by atoms with van der Waals surface area (Å²) in [4.78, 5) is 14.9. The number of hydrogen-bond acceptors (Lipinski definition) is 5.